The van der Waals surface area contributed by atoms with E-state index in [1.807, 2.05) is 25.1 Å². The van der Waals surface area contributed by atoms with Gasteiger partial charge in [0.2, 0.25) is 0 Å². The largest absolute Gasteiger partial charge is 0.371 e. The van der Waals surface area contributed by atoms with Crippen LogP contribution in [-0.2, 0) is 0 Å². The van der Waals surface area contributed by atoms with Gasteiger partial charge in [-0.15, -0.1) is 6.42 Å². The van der Waals surface area contributed by atoms with Gasteiger partial charge in [0.25, 0.3) is 0 Å². The van der Waals surface area contributed by atoms with Crippen LogP contribution in [0.4, 0.5) is 5.69 Å². The first-order chi connectivity index (χ1) is 6.27. The second-order valence-electron chi connectivity index (χ2n) is 2.69. The molecule has 1 rings (SSSR count). The quantitative estimate of drug-likeness (QED) is 0.689. The van der Waals surface area contributed by atoms with Crippen molar-refractivity contribution in [2.45, 2.75) is 13.0 Å². The lowest BCUT2D eigenvalue weighted by molar-refractivity contribution is 1.03. The van der Waals surface area contributed by atoms with Crippen LogP contribution in [-0.4, -0.2) is 6.04 Å². The predicted molar refractivity (Wildman–Crippen MR) is 53.1 cm³/mol. The molecule has 13 heavy (non-hydrogen) atoms. The van der Waals surface area contributed by atoms with Crippen molar-refractivity contribution < 1.29 is 0 Å². The number of hydrogen-bond donors (Lipinski definition) is 1. The summed E-state index contributed by atoms with van der Waals surface area (Å²) in [5.41, 5.74) is 1.40. The molecule has 0 aliphatic heterocycles. The Morgan fingerprint density at radius 1 is 1.46 bits per heavy atom. The first-order valence-corrected chi connectivity index (χ1v) is 3.99. The molecular formula is C11H10N2. The van der Waals surface area contributed by atoms with E-state index < -0.39 is 0 Å². The van der Waals surface area contributed by atoms with E-state index in [1.165, 1.54) is 0 Å². The summed E-state index contributed by atoms with van der Waals surface area (Å²) in [4.78, 5) is 0. The van der Waals surface area contributed by atoms with Crippen molar-refractivity contribution in [3.63, 3.8) is 0 Å². The number of nitriles is 1. The van der Waals surface area contributed by atoms with Gasteiger partial charge in [0.15, 0.2) is 0 Å². The Labute approximate surface area is 78.2 Å². The maximum atomic E-state index is 8.76. The van der Waals surface area contributed by atoms with Gasteiger partial charge in [-0.1, -0.05) is 18.1 Å². The van der Waals surface area contributed by atoms with Gasteiger partial charge >= 0.3 is 0 Å². The van der Waals surface area contributed by atoms with E-state index in [2.05, 4.69) is 17.3 Å². The molecule has 1 aromatic carbocycles. The molecule has 0 aliphatic carbocycles. The molecule has 0 aliphatic rings. The Bertz CT molecular complexity index is 368. The standard InChI is InChI=1S/C11H10N2/c1-3-9(2)13-11-7-5-4-6-10(11)8-12/h1,4-7,9,13H,2H3. The Hall–Kier alpha value is -1.93. The minimum Gasteiger partial charge on any atom is -0.371 e. The summed E-state index contributed by atoms with van der Waals surface area (Å²) in [5.74, 6) is 2.54. The lowest BCUT2D eigenvalue weighted by Crippen LogP contribution is -2.12. The number of terminal acetylenes is 1. The summed E-state index contributed by atoms with van der Waals surface area (Å²) < 4.78 is 0. The van der Waals surface area contributed by atoms with Gasteiger partial charge < -0.3 is 5.32 Å². The summed E-state index contributed by atoms with van der Waals surface area (Å²) in [6, 6.07) is 9.32. The number of anilines is 1. The molecule has 1 unspecified atom stereocenters. The molecule has 2 nitrogen and oxygen atoms in total. The molecule has 1 N–H and O–H groups in total. The van der Waals surface area contributed by atoms with Crippen molar-refractivity contribution in [1.82, 2.24) is 0 Å². The molecule has 0 fully saturated rings. The first-order valence-electron chi connectivity index (χ1n) is 3.99. The fourth-order valence-electron chi connectivity index (χ4n) is 0.981. The summed E-state index contributed by atoms with van der Waals surface area (Å²) in [5, 5.41) is 11.8. The molecule has 1 aromatic rings. The maximum absolute atomic E-state index is 8.76. The number of para-hydroxylation sites is 1. The molecule has 0 heterocycles. The number of benzene rings is 1. The molecule has 0 bridgehead atoms. The lowest BCUT2D eigenvalue weighted by Gasteiger charge is -2.09. The molecule has 0 radical (unpaired) electrons. The summed E-state index contributed by atoms with van der Waals surface area (Å²) >= 11 is 0. The average molecular weight is 170 g/mol. The Morgan fingerprint density at radius 3 is 2.77 bits per heavy atom. The van der Waals surface area contributed by atoms with Gasteiger partial charge in [-0.3, -0.25) is 0 Å². The van der Waals surface area contributed by atoms with Gasteiger partial charge in [-0.2, -0.15) is 5.26 Å². The van der Waals surface area contributed by atoms with Crippen molar-refractivity contribution in [3.05, 3.63) is 29.8 Å². The van der Waals surface area contributed by atoms with Crippen LogP contribution in [0.1, 0.15) is 12.5 Å². The minimum absolute atomic E-state index is 0.0606. The average Bonchev–Trinajstić information content (AvgIpc) is 2.18. The highest BCUT2D eigenvalue weighted by Gasteiger charge is 2.01. The first kappa shape index (κ1) is 9.16. The molecule has 2 heteroatoms. The molecule has 0 spiro atoms. The van der Waals surface area contributed by atoms with E-state index in [4.69, 9.17) is 11.7 Å². The molecular weight excluding hydrogens is 160 g/mol. The van der Waals surface area contributed by atoms with Crippen molar-refractivity contribution in [2.24, 2.45) is 0 Å². The second-order valence-corrected chi connectivity index (χ2v) is 2.69. The van der Waals surface area contributed by atoms with Crippen LogP contribution in [0.25, 0.3) is 0 Å². The third-order valence-electron chi connectivity index (χ3n) is 1.67. The van der Waals surface area contributed by atoms with E-state index in [-0.39, 0.29) is 6.04 Å². The SMILES string of the molecule is C#CC(C)Nc1ccccc1C#N. The molecule has 0 saturated heterocycles. The van der Waals surface area contributed by atoms with Crippen LogP contribution < -0.4 is 5.32 Å². The highest BCUT2D eigenvalue weighted by atomic mass is 14.9. The normalized spacial score (nSPS) is 11.0. The van der Waals surface area contributed by atoms with Crippen LogP contribution in [0.3, 0.4) is 0 Å². The summed E-state index contributed by atoms with van der Waals surface area (Å²) in [7, 11) is 0. The lowest BCUT2D eigenvalue weighted by atomic mass is 10.2. The van der Waals surface area contributed by atoms with Crippen LogP contribution in [0.2, 0.25) is 0 Å². The Kier molecular flexibility index (Phi) is 2.95. The third-order valence-corrected chi connectivity index (χ3v) is 1.67. The van der Waals surface area contributed by atoms with E-state index in [9.17, 15) is 0 Å². The van der Waals surface area contributed by atoms with Gasteiger partial charge in [-0.25, -0.2) is 0 Å². The number of rotatable bonds is 2. The number of nitrogens with zero attached hydrogens (tertiary/aromatic N) is 1. The topological polar surface area (TPSA) is 35.8 Å². The predicted octanol–water partition coefficient (Wildman–Crippen LogP) is 1.99. The van der Waals surface area contributed by atoms with Crippen LogP contribution >= 0.6 is 0 Å². The highest BCUT2D eigenvalue weighted by molar-refractivity contribution is 5.58. The molecule has 0 saturated carbocycles. The molecule has 0 aromatic heterocycles. The van der Waals surface area contributed by atoms with Gasteiger partial charge in [0.05, 0.1) is 17.3 Å². The van der Waals surface area contributed by atoms with E-state index in [1.54, 1.807) is 6.07 Å². The van der Waals surface area contributed by atoms with Crippen LogP contribution in [0.15, 0.2) is 24.3 Å². The molecule has 0 amide bonds. The Balaban J connectivity index is 2.90. The summed E-state index contributed by atoms with van der Waals surface area (Å²) in [6.45, 7) is 1.87. The van der Waals surface area contributed by atoms with E-state index in [0.717, 1.165) is 5.69 Å². The Morgan fingerprint density at radius 2 is 2.15 bits per heavy atom. The van der Waals surface area contributed by atoms with Gasteiger partial charge in [0.1, 0.15) is 6.07 Å². The maximum Gasteiger partial charge on any atom is 0.101 e. The highest BCUT2D eigenvalue weighted by Crippen LogP contribution is 2.14. The monoisotopic (exact) mass is 170 g/mol. The zero-order valence-electron chi connectivity index (χ0n) is 7.41. The van der Waals surface area contributed by atoms with E-state index in [0.29, 0.717) is 5.56 Å². The smallest absolute Gasteiger partial charge is 0.101 e. The fraction of sp³-hybridized carbons (Fsp3) is 0.182. The number of nitrogens with one attached hydrogen (secondary N) is 1. The van der Waals surface area contributed by atoms with Crippen LogP contribution in [0, 0.1) is 23.7 Å². The zero-order chi connectivity index (χ0) is 9.68. The van der Waals surface area contributed by atoms with Crippen molar-refractivity contribution in [1.29, 1.82) is 5.26 Å². The van der Waals surface area contributed by atoms with Crippen LogP contribution in [0.5, 0.6) is 0 Å². The molecule has 1 atom stereocenters. The van der Waals surface area contributed by atoms with Crippen molar-refractivity contribution in [2.75, 3.05) is 5.32 Å². The van der Waals surface area contributed by atoms with E-state index >= 15 is 0 Å². The minimum atomic E-state index is -0.0606. The van der Waals surface area contributed by atoms with Gasteiger partial charge in [0, 0.05) is 0 Å². The fourth-order valence-corrected chi connectivity index (χ4v) is 0.981. The van der Waals surface area contributed by atoms with Crippen molar-refractivity contribution in [3.8, 4) is 18.4 Å². The third kappa shape index (κ3) is 2.25. The zero-order valence-corrected chi connectivity index (χ0v) is 7.41. The number of hydrogen-bond acceptors (Lipinski definition) is 2. The summed E-state index contributed by atoms with van der Waals surface area (Å²) in [6.07, 6.45) is 5.22. The second kappa shape index (κ2) is 4.18. The molecule has 64 valence electrons. The van der Waals surface area contributed by atoms with Gasteiger partial charge in [-0.05, 0) is 19.1 Å². The van der Waals surface area contributed by atoms with Crippen molar-refractivity contribution >= 4 is 5.69 Å².